The first-order chi connectivity index (χ1) is 12.2. The van der Waals surface area contributed by atoms with Crippen molar-refractivity contribution >= 4 is 29.0 Å². The van der Waals surface area contributed by atoms with Crippen LogP contribution in [0.1, 0.15) is 10.6 Å². The highest BCUT2D eigenvalue weighted by atomic mass is 32.2. The van der Waals surface area contributed by atoms with Gasteiger partial charge in [0, 0.05) is 26.2 Å². The van der Waals surface area contributed by atoms with Gasteiger partial charge in [-0.2, -0.15) is 0 Å². The van der Waals surface area contributed by atoms with Crippen LogP contribution in [0.5, 0.6) is 0 Å². The Morgan fingerprint density at radius 1 is 1.40 bits per heavy atom. The van der Waals surface area contributed by atoms with E-state index in [9.17, 15) is 4.79 Å². The molecule has 1 aromatic carbocycles. The van der Waals surface area contributed by atoms with Gasteiger partial charge in [-0.25, -0.2) is 0 Å². The average Bonchev–Trinajstić information content (AvgIpc) is 3.05. The molecular formula is C17H22N4O2S2. The maximum atomic E-state index is 12.0. The van der Waals surface area contributed by atoms with Crippen molar-refractivity contribution in [2.45, 2.75) is 23.9 Å². The molecule has 0 unspecified atom stereocenters. The van der Waals surface area contributed by atoms with Crippen LogP contribution in [0.4, 0.5) is 0 Å². The monoisotopic (exact) mass is 378 g/mol. The van der Waals surface area contributed by atoms with Crippen molar-refractivity contribution < 1.29 is 9.53 Å². The van der Waals surface area contributed by atoms with Gasteiger partial charge in [-0.1, -0.05) is 53.4 Å². The molecule has 0 saturated carbocycles. The minimum absolute atomic E-state index is 0.00151. The van der Waals surface area contributed by atoms with Crippen molar-refractivity contribution in [1.29, 1.82) is 0 Å². The molecule has 1 N–H and O–H groups in total. The van der Waals surface area contributed by atoms with Crippen LogP contribution in [-0.2, 0) is 16.1 Å². The summed E-state index contributed by atoms with van der Waals surface area (Å²) >= 11 is 2.93. The van der Waals surface area contributed by atoms with E-state index in [1.807, 2.05) is 13.0 Å². The normalized spacial score (nSPS) is 18.2. The largest absolute Gasteiger partial charge is 0.374 e. The van der Waals surface area contributed by atoms with Crippen molar-refractivity contribution in [3.8, 4) is 0 Å². The van der Waals surface area contributed by atoms with Crippen LogP contribution in [0.2, 0.25) is 0 Å². The zero-order chi connectivity index (χ0) is 17.5. The summed E-state index contributed by atoms with van der Waals surface area (Å²) in [6, 6.07) is 10.4. The predicted octanol–water partition coefficient (Wildman–Crippen LogP) is 1.96. The molecule has 134 valence electrons. The molecule has 0 radical (unpaired) electrons. The number of carbonyl (C=O) groups is 1. The molecule has 1 saturated heterocycles. The van der Waals surface area contributed by atoms with Gasteiger partial charge < -0.3 is 10.1 Å². The highest BCUT2D eigenvalue weighted by Gasteiger charge is 2.21. The third kappa shape index (κ3) is 6.07. The number of nitrogens with zero attached hydrogens (tertiary/aromatic N) is 3. The number of aromatic nitrogens is 2. The number of carbonyl (C=O) groups excluding carboxylic acids is 1. The first-order valence-corrected chi connectivity index (χ1v) is 10.1. The highest BCUT2D eigenvalue weighted by Crippen LogP contribution is 2.21. The Balaban J connectivity index is 1.38. The molecule has 1 fully saturated rings. The quantitative estimate of drug-likeness (QED) is 0.743. The second kappa shape index (κ2) is 9.28. The van der Waals surface area contributed by atoms with E-state index < -0.39 is 0 Å². The van der Waals surface area contributed by atoms with E-state index in [4.69, 9.17) is 4.74 Å². The fourth-order valence-corrected chi connectivity index (χ4v) is 4.28. The van der Waals surface area contributed by atoms with Crippen LogP contribution in [0.15, 0.2) is 34.7 Å². The summed E-state index contributed by atoms with van der Waals surface area (Å²) in [5.41, 5.74) is 1.30. The minimum Gasteiger partial charge on any atom is -0.374 e. The molecule has 8 heteroatoms. The van der Waals surface area contributed by atoms with E-state index in [-0.39, 0.29) is 12.0 Å². The Morgan fingerprint density at radius 3 is 3.00 bits per heavy atom. The van der Waals surface area contributed by atoms with E-state index in [0.29, 0.717) is 18.9 Å². The molecule has 2 heterocycles. The van der Waals surface area contributed by atoms with E-state index in [1.54, 1.807) is 0 Å². The van der Waals surface area contributed by atoms with Gasteiger partial charge in [0.15, 0.2) is 4.34 Å². The average molecular weight is 379 g/mol. The van der Waals surface area contributed by atoms with Crippen LogP contribution in [0, 0.1) is 6.92 Å². The van der Waals surface area contributed by atoms with E-state index in [2.05, 4.69) is 44.7 Å². The van der Waals surface area contributed by atoms with Crippen molar-refractivity contribution in [1.82, 2.24) is 20.4 Å². The van der Waals surface area contributed by atoms with Crippen molar-refractivity contribution in [2.24, 2.45) is 0 Å². The molecule has 6 nitrogen and oxygen atoms in total. The number of morpholine rings is 1. The van der Waals surface area contributed by atoms with Gasteiger partial charge in [0.05, 0.1) is 18.5 Å². The summed E-state index contributed by atoms with van der Waals surface area (Å²) in [6.45, 7) is 5.82. The zero-order valence-corrected chi connectivity index (χ0v) is 15.8. The number of thioether (sulfide) groups is 1. The van der Waals surface area contributed by atoms with E-state index in [0.717, 1.165) is 29.0 Å². The lowest BCUT2D eigenvalue weighted by Crippen LogP contribution is -2.47. The standard InChI is InChI=1S/C17H22N4O2S2/c1-13-19-20-17(25-13)24-12-16(22)18-9-15-11-21(7-8-23-15)10-14-5-3-2-4-6-14/h2-6,15H,7-12H2,1H3,(H,18,22)/t15-/m1/s1. The molecule has 3 rings (SSSR count). The van der Waals surface area contributed by atoms with E-state index in [1.165, 1.54) is 28.7 Å². The Hall–Kier alpha value is -1.48. The fourth-order valence-electron chi connectivity index (χ4n) is 2.63. The van der Waals surface area contributed by atoms with Gasteiger partial charge in [0.2, 0.25) is 5.91 Å². The minimum atomic E-state index is 0.00151. The third-order valence-corrected chi connectivity index (χ3v) is 5.81. The number of amides is 1. The Kier molecular flexibility index (Phi) is 6.80. The van der Waals surface area contributed by atoms with Crippen molar-refractivity contribution in [3.63, 3.8) is 0 Å². The highest BCUT2D eigenvalue weighted by molar-refractivity contribution is 8.01. The smallest absolute Gasteiger partial charge is 0.230 e. The number of rotatable bonds is 7. The molecule has 1 aliphatic rings. The first kappa shape index (κ1) is 18.3. The van der Waals surface area contributed by atoms with Gasteiger partial charge >= 0.3 is 0 Å². The summed E-state index contributed by atoms with van der Waals surface area (Å²) in [7, 11) is 0. The summed E-state index contributed by atoms with van der Waals surface area (Å²) < 4.78 is 6.61. The number of nitrogens with one attached hydrogen (secondary N) is 1. The number of benzene rings is 1. The number of aryl methyl sites for hydroxylation is 1. The Labute approximate surface area is 156 Å². The van der Waals surface area contributed by atoms with Crippen LogP contribution >= 0.6 is 23.1 Å². The molecule has 1 amide bonds. The van der Waals surface area contributed by atoms with E-state index >= 15 is 0 Å². The summed E-state index contributed by atoms with van der Waals surface area (Å²) in [4.78, 5) is 14.4. The molecule has 1 atom stereocenters. The topological polar surface area (TPSA) is 67.4 Å². The molecule has 1 aromatic heterocycles. The second-order valence-electron chi connectivity index (χ2n) is 5.89. The lowest BCUT2D eigenvalue weighted by atomic mass is 10.2. The molecular weight excluding hydrogens is 356 g/mol. The maximum absolute atomic E-state index is 12.0. The SMILES string of the molecule is Cc1nnc(SCC(=O)NC[C@@H]2CN(Cc3ccccc3)CCO2)s1. The second-order valence-corrected chi connectivity index (χ2v) is 8.30. The van der Waals surface area contributed by atoms with Crippen LogP contribution in [0.25, 0.3) is 0 Å². The van der Waals surface area contributed by atoms with Gasteiger partial charge in [-0.3, -0.25) is 9.69 Å². The first-order valence-electron chi connectivity index (χ1n) is 8.26. The number of ether oxygens (including phenoxy) is 1. The van der Waals surface area contributed by atoms with Crippen LogP contribution < -0.4 is 5.32 Å². The number of hydrogen-bond donors (Lipinski definition) is 1. The predicted molar refractivity (Wildman–Crippen MR) is 99.8 cm³/mol. The Bertz CT molecular complexity index is 680. The molecule has 25 heavy (non-hydrogen) atoms. The third-order valence-electron chi connectivity index (χ3n) is 3.83. The molecule has 0 aliphatic carbocycles. The van der Waals surface area contributed by atoms with Crippen LogP contribution in [-0.4, -0.2) is 59.1 Å². The lowest BCUT2D eigenvalue weighted by molar-refractivity contribution is -0.119. The van der Waals surface area contributed by atoms with Gasteiger partial charge in [-0.05, 0) is 12.5 Å². The van der Waals surface area contributed by atoms with Gasteiger partial charge in [-0.15, -0.1) is 10.2 Å². The van der Waals surface area contributed by atoms with Gasteiger partial charge in [0.25, 0.3) is 0 Å². The molecule has 0 spiro atoms. The molecule has 1 aliphatic heterocycles. The fraction of sp³-hybridized carbons (Fsp3) is 0.471. The zero-order valence-electron chi connectivity index (χ0n) is 14.2. The molecule has 0 bridgehead atoms. The summed E-state index contributed by atoms with van der Waals surface area (Å²) in [5.74, 6) is 0.358. The van der Waals surface area contributed by atoms with Crippen LogP contribution in [0.3, 0.4) is 0 Å². The van der Waals surface area contributed by atoms with Crippen molar-refractivity contribution in [2.75, 3.05) is 32.0 Å². The summed E-state index contributed by atoms with van der Waals surface area (Å²) in [6.07, 6.45) is 0.0372. The number of hydrogen-bond acceptors (Lipinski definition) is 7. The molecule has 2 aromatic rings. The summed E-state index contributed by atoms with van der Waals surface area (Å²) in [5, 5.41) is 11.8. The Morgan fingerprint density at radius 2 is 2.24 bits per heavy atom. The lowest BCUT2D eigenvalue weighted by Gasteiger charge is -2.33. The van der Waals surface area contributed by atoms with Gasteiger partial charge in [0.1, 0.15) is 5.01 Å². The van der Waals surface area contributed by atoms with Crippen molar-refractivity contribution in [3.05, 3.63) is 40.9 Å². The maximum Gasteiger partial charge on any atom is 0.230 e.